The Hall–Kier alpha value is -3.00. The van der Waals surface area contributed by atoms with Crippen molar-refractivity contribution in [1.82, 2.24) is 20.0 Å². The highest BCUT2D eigenvalue weighted by atomic mass is 16.5. The minimum absolute atomic E-state index is 0.0704. The Kier molecular flexibility index (Phi) is 4.74. The van der Waals surface area contributed by atoms with Gasteiger partial charge in [0.15, 0.2) is 5.76 Å². The van der Waals surface area contributed by atoms with Crippen molar-refractivity contribution in [2.75, 3.05) is 13.1 Å². The molecule has 0 saturated carbocycles. The monoisotopic (exact) mass is 354 g/mol. The predicted molar refractivity (Wildman–Crippen MR) is 90.0 cm³/mol. The molecular formula is C18H18N4O4. The summed E-state index contributed by atoms with van der Waals surface area (Å²) in [6.07, 6.45) is 6.54. The Bertz CT molecular complexity index is 847. The molecule has 0 spiro atoms. The average molecular weight is 354 g/mol. The van der Waals surface area contributed by atoms with Crippen molar-refractivity contribution in [1.29, 1.82) is 0 Å². The van der Waals surface area contributed by atoms with Crippen LogP contribution in [-0.2, 0) is 11.3 Å². The number of furan rings is 1. The lowest BCUT2D eigenvalue weighted by Crippen LogP contribution is -2.43. The summed E-state index contributed by atoms with van der Waals surface area (Å²) in [5.74, 6) is 1.15. The molecule has 8 nitrogen and oxygen atoms in total. The van der Waals surface area contributed by atoms with Crippen LogP contribution in [0.2, 0.25) is 0 Å². The number of hydrogen-bond acceptors (Lipinski definition) is 7. The molecule has 4 rings (SSSR count). The number of rotatable bonds is 5. The molecule has 4 heterocycles. The lowest BCUT2D eigenvalue weighted by molar-refractivity contribution is -0.0160. The smallest absolute Gasteiger partial charge is 0.289 e. The summed E-state index contributed by atoms with van der Waals surface area (Å²) in [6, 6.07) is 7.01. The number of ether oxygens (including phenoxy) is 1. The Morgan fingerprint density at radius 2 is 2.19 bits per heavy atom. The highest BCUT2D eigenvalue weighted by Gasteiger charge is 2.26. The Morgan fingerprint density at radius 3 is 3.00 bits per heavy atom. The highest BCUT2D eigenvalue weighted by Crippen LogP contribution is 2.19. The van der Waals surface area contributed by atoms with Crippen LogP contribution in [0.15, 0.2) is 51.9 Å². The number of amides is 1. The van der Waals surface area contributed by atoms with Gasteiger partial charge >= 0.3 is 0 Å². The maximum absolute atomic E-state index is 12.4. The number of carbonyl (C=O) groups excluding carboxylic acids is 1. The van der Waals surface area contributed by atoms with Gasteiger partial charge in [-0.2, -0.15) is 4.98 Å². The lowest BCUT2D eigenvalue weighted by atomic mass is 10.1. The van der Waals surface area contributed by atoms with Gasteiger partial charge in [0.1, 0.15) is 6.61 Å². The van der Waals surface area contributed by atoms with Crippen molar-refractivity contribution >= 4 is 5.91 Å². The molecule has 8 heteroatoms. The van der Waals surface area contributed by atoms with E-state index in [1.807, 2.05) is 12.1 Å². The molecule has 1 amide bonds. The van der Waals surface area contributed by atoms with Crippen LogP contribution in [0.25, 0.3) is 11.4 Å². The second-order valence-electron chi connectivity index (χ2n) is 6.05. The van der Waals surface area contributed by atoms with Gasteiger partial charge in [0.05, 0.1) is 12.4 Å². The first-order chi connectivity index (χ1) is 12.8. The predicted octanol–water partition coefficient (Wildman–Crippen LogP) is 2.55. The molecule has 0 bridgehead atoms. The van der Waals surface area contributed by atoms with Crippen LogP contribution in [0.3, 0.4) is 0 Å². The standard InChI is InChI=1S/C18H18N4O4/c23-18(15-4-2-10-24-15)22-9-1-3-14(11-22)25-12-16-20-17(21-26-16)13-5-7-19-8-6-13/h2,4-8,10,14H,1,3,9,11-12H2. The lowest BCUT2D eigenvalue weighted by Gasteiger charge is -2.31. The third-order valence-corrected chi connectivity index (χ3v) is 4.25. The van der Waals surface area contributed by atoms with Crippen LogP contribution >= 0.6 is 0 Å². The van der Waals surface area contributed by atoms with E-state index in [-0.39, 0.29) is 18.6 Å². The van der Waals surface area contributed by atoms with Crippen LogP contribution in [0.4, 0.5) is 0 Å². The van der Waals surface area contributed by atoms with Crippen LogP contribution in [0, 0.1) is 0 Å². The minimum atomic E-state index is -0.110. The molecule has 1 atom stereocenters. The van der Waals surface area contributed by atoms with Crippen LogP contribution in [-0.4, -0.2) is 45.1 Å². The van der Waals surface area contributed by atoms with E-state index < -0.39 is 0 Å². The zero-order valence-electron chi connectivity index (χ0n) is 14.1. The normalized spacial score (nSPS) is 17.4. The van der Waals surface area contributed by atoms with Crippen molar-refractivity contribution in [3.05, 3.63) is 54.6 Å². The van der Waals surface area contributed by atoms with Gasteiger partial charge in [-0.05, 0) is 37.1 Å². The molecule has 1 aliphatic heterocycles. The second kappa shape index (κ2) is 7.49. The van der Waals surface area contributed by atoms with Gasteiger partial charge in [-0.25, -0.2) is 0 Å². The van der Waals surface area contributed by atoms with E-state index in [0.717, 1.165) is 18.4 Å². The number of nitrogens with zero attached hydrogens (tertiary/aromatic N) is 4. The third-order valence-electron chi connectivity index (χ3n) is 4.25. The number of carbonyl (C=O) groups is 1. The molecular weight excluding hydrogens is 336 g/mol. The van der Waals surface area contributed by atoms with Gasteiger partial charge in [0.25, 0.3) is 11.8 Å². The molecule has 1 fully saturated rings. The molecule has 1 saturated heterocycles. The summed E-state index contributed by atoms with van der Waals surface area (Å²) in [7, 11) is 0. The van der Waals surface area contributed by atoms with Crippen LogP contribution in [0.5, 0.6) is 0 Å². The molecule has 26 heavy (non-hydrogen) atoms. The van der Waals surface area contributed by atoms with E-state index in [0.29, 0.717) is 30.6 Å². The summed E-state index contributed by atoms with van der Waals surface area (Å²) < 4.78 is 16.3. The fourth-order valence-corrected chi connectivity index (χ4v) is 2.94. The number of aromatic nitrogens is 3. The van der Waals surface area contributed by atoms with E-state index in [9.17, 15) is 4.79 Å². The Balaban J connectivity index is 1.33. The van der Waals surface area contributed by atoms with Crippen LogP contribution < -0.4 is 0 Å². The maximum Gasteiger partial charge on any atom is 0.289 e. The minimum Gasteiger partial charge on any atom is -0.459 e. The first-order valence-corrected chi connectivity index (χ1v) is 8.47. The summed E-state index contributed by atoms with van der Waals surface area (Å²) >= 11 is 0. The summed E-state index contributed by atoms with van der Waals surface area (Å²) in [6.45, 7) is 1.43. The molecule has 0 N–H and O–H groups in total. The number of pyridine rings is 1. The average Bonchev–Trinajstić information content (AvgIpc) is 3.39. The van der Waals surface area contributed by atoms with E-state index in [4.69, 9.17) is 13.7 Å². The van der Waals surface area contributed by atoms with E-state index >= 15 is 0 Å². The van der Waals surface area contributed by atoms with Gasteiger partial charge in [0.2, 0.25) is 5.82 Å². The fourth-order valence-electron chi connectivity index (χ4n) is 2.94. The third kappa shape index (κ3) is 3.65. The fraction of sp³-hybridized carbons (Fsp3) is 0.333. The molecule has 1 aliphatic rings. The highest BCUT2D eigenvalue weighted by molar-refractivity contribution is 5.91. The van der Waals surface area contributed by atoms with Gasteiger partial charge in [-0.3, -0.25) is 9.78 Å². The summed E-state index contributed by atoms with van der Waals surface area (Å²) in [5.41, 5.74) is 0.836. The molecule has 3 aromatic rings. The van der Waals surface area contributed by atoms with Gasteiger partial charge in [-0.15, -0.1) is 0 Å². The van der Waals surface area contributed by atoms with Crippen molar-refractivity contribution in [3.8, 4) is 11.4 Å². The topological polar surface area (TPSA) is 94.5 Å². The zero-order chi connectivity index (χ0) is 17.8. The second-order valence-corrected chi connectivity index (χ2v) is 6.05. The van der Waals surface area contributed by atoms with Gasteiger partial charge < -0.3 is 18.6 Å². The first kappa shape index (κ1) is 16.5. The van der Waals surface area contributed by atoms with Gasteiger partial charge in [-0.1, -0.05) is 5.16 Å². The largest absolute Gasteiger partial charge is 0.459 e. The number of piperidine rings is 1. The molecule has 3 aromatic heterocycles. The summed E-state index contributed by atoms with van der Waals surface area (Å²) in [4.78, 5) is 22.4. The van der Waals surface area contributed by atoms with Crippen LogP contribution in [0.1, 0.15) is 29.3 Å². The summed E-state index contributed by atoms with van der Waals surface area (Å²) in [5, 5.41) is 3.96. The van der Waals surface area contributed by atoms with Crippen molar-refractivity contribution in [3.63, 3.8) is 0 Å². The molecule has 0 aliphatic carbocycles. The van der Waals surface area contributed by atoms with E-state index in [2.05, 4.69) is 15.1 Å². The number of likely N-dealkylation sites (tertiary alicyclic amines) is 1. The van der Waals surface area contributed by atoms with Crippen molar-refractivity contribution in [2.45, 2.75) is 25.6 Å². The molecule has 1 unspecified atom stereocenters. The Morgan fingerprint density at radius 1 is 1.31 bits per heavy atom. The number of hydrogen-bond donors (Lipinski definition) is 0. The maximum atomic E-state index is 12.4. The van der Waals surface area contributed by atoms with Crippen molar-refractivity contribution in [2.24, 2.45) is 0 Å². The quantitative estimate of drug-likeness (QED) is 0.695. The molecule has 0 radical (unpaired) electrons. The van der Waals surface area contributed by atoms with E-state index in [1.165, 1.54) is 6.26 Å². The Labute approximate surface area is 149 Å². The molecule has 134 valence electrons. The molecule has 0 aromatic carbocycles. The zero-order valence-corrected chi connectivity index (χ0v) is 14.1. The first-order valence-electron chi connectivity index (χ1n) is 8.47. The van der Waals surface area contributed by atoms with Crippen molar-refractivity contribution < 1.29 is 18.5 Å². The SMILES string of the molecule is O=C(c1ccco1)N1CCCC(OCc2nc(-c3ccncc3)no2)C1. The van der Waals surface area contributed by atoms with Gasteiger partial charge in [0, 0.05) is 31.0 Å². The van der Waals surface area contributed by atoms with E-state index in [1.54, 1.807) is 29.4 Å².